The van der Waals surface area contributed by atoms with Crippen molar-refractivity contribution in [3.8, 4) is 0 Å². The molecular formula is C24H26BrN7. The number of pyridine rings is 1. The van der Waals surface area contributed by atoms with Gasteiger partial charge in [-0.05, 0) is 58.6 Å². The molecule has 32 heavy (non-hydrogen) atoms. The van der Waals surface area contributed by atoms with Crippen LogP contribution < -0.4 is 11.1 Å². The molecule has 3 aromatic heterocycles. The fourth-order valence-electron chi connectivity index (χ4n) is 4.34. The van der Waals surface area contributed by atoms with Crippen molar-refractivity contribution in [2.45, 2.75) is 31.8 Å². The molecule has 0 saturated carbocycles. The first-order chi connectivity index (χ1) is 15.7. The second-order valence-corrected chi connectivity index (χ2v) is 9.14. The number of piperidine rings is 1. The van der Waals surface area contributed by atoms with Crippen molar-refractivity contribution in [2.75, 3.05) is 24.1 Å². The van der Waals surface area contributed by atoms with Crippen molar-refractivity contribution in [3.63, 3.8) is 0 Å². The van der Waals surface area contributed by atoms with Crippen LogP contribution in [0.25, 0.3) is 5.65 Å². The quantitative estimate of drug-likeness (QED) is 0.387. The Kier molecular flexibility index (Phi) is 6.05. The third kappa shape index (κ3) is 4.47. The number of nitrogen functional groups attached to an aromatic ring is 1. The second-order valence-electron chi connectivity index (χ2n) is 8.28. The summed E-state index contributed by atoms with van der Waals surface area (Å²) in [7, 11) is 0. The van der Waals surface area contributed by atoms with Gasteiger partial charge in [0.1, 0.15) is 5.82 Å². The highest BCUT2D eigenvalue weighted by Gasteiger charge is 2.24. The van der Waals surface area contributed by atoms with E-state index in [1.165, 1.54) is 5.56 Å². The van der Waals surface area contributed by atoms with Gasteiger partial charge in [0.25, 0.3) is 0 Å². The molecule has 1 fully saturated rings. The third-order valence-electron chi connectivity index (χ3n) is 6.02. The molecule has 1 aliphatic heterocycles. The van der Waals surface area contributed by atoms with Gasteiger partial charge in [0.2, 0.25) is 0 Å². The molecule has 8 heteroatoms. The number of aromatic nitrogens is 4. The zero-order valence-electron chi connectivity index (χ0n) is 17.8. The molecule has 0 amide bonds. The van der Waals surface area contributed by atoms with Gasteiger partial charge in [-0.25, -0.2) is 4.98 Å². The van der Waals surface area contributed by atoms with E-state index in [-0.39, 0.29) is 0 Å². The number of nitrogens with one attached hydrogen (secondary N) is 1. The Labute approximate surface area is 195 Å². The first kappa shape index (κ1) is 20.9. The fraction of sp³-hybridized carbons (Fsp3) is 0.292. The molecule has 1 aliphatic rings. The molecule has 0 bridgehead atoms. The number of anilines is 2. The molecule has 1 aromatic carbocycles. The molecule has 164 valence electrons. The van der Waals surface area contributed by atoms with E-state index < -0.39 is 0 Å². The Morgan fingerprint density at radius 3 is 2.91 bits per heavy atom. The number of nitrogens with two attached hydrogens (primary N) is 1. The molecule has 7 nitrogen and oxygen atoms in total. The van der Waals surface area contributed by atoms with Crippen LogP contribution in [0.5, 0.6) is 0 Å². The monoisotopic (exact) mass is 491 g/mol. The lowest BCUT2D eigenvalue weighted by atomic mass is 9.94. The van der Waals surface area contributed by atoms with E-state index in [2.05, 4.69) is 60.5 Å². The van der Waals surface area contributed by atoms with Gasteiger partial charge < -0.3 is 11.1 Å². The number of halogens is 1. The summed E-state index contributed by atoms with van der Waals surface area (Å²) in [5.74, 6) is 1.29. The molecule has 4 heterocycles. The molecule has 1 atom stereocenters. The Morgan fingerprint density at radius 2 is 2.06 bits per heavy atom. The van der Waals surface area contributed by atoms with E-state index >= 15 is 0 Å². The molecule has 0 aliphatic carbocycles. The lowest BCUT2D eigenvalue weighted by Gasteiger charge is -2.33. The highest BCUT2D eigenvalue weighted by molar-refractivity contribution is 9.10. The largest absolute Gasteiger partial charge is 0.398 e. The van der Waals surface area contributed by atoms with Gasteiger partial charge in [-0.15, -0.1) is 0 Å². The van der Waals surface area contributed by atoms with Gasteiger partial charge in [0, 0.05) is 49.7 Å². The van der Waals surface area contributed by atoms with Crippen LogP contribution in [0.2, 0.25) is 0 Å². The standard InChI is InChI=1S/C24H26BrN7/c25-20-14-29-32-23(28-13-17-5-3-9-27-12-17)11-22(30-24(20)32)19-7-4-10-31(16-19)15-18-6-1-2-8-21(18)26/h1-3,5-6,8-9,11-12,14,19,28H,4,7,10,13,15-16,26H2. The molecule has 3 N–H and O–H groups in total. The van der Waals surface area contributed by atoms with E-state index in [9.17, 15) is 0 Å². The van der Waals surface area contributed by atoms with Crippen molar-refractivity contribution in [3.05, 3.63) is 82.3 Å². The van der Waals surface area contributed by atoms with Gasteiger partial charge in [-0.1, -0.05) is 24.3 Å². The minimum absolute atomic E-state index is 0.361. The van der Waals surface area contributed by atoms with E-state index in [4.69, 9.17) is 10.7 Å². The van der Waals surface area contributed by atoms with Gasteiger partial charge in [-0.2, -0.15) is 9.61 Å². The summed E-state index contributed by atoms with van der Waals surface area (Å²) < 4.78 is 2.75. The summed E-state index contributed by atoms with van der Waals surface area (Å²) in [6, 6.07) is 14.3. The first-order valence-electron chi connectivity index (χ1n) is 10.9. The van der Waals surface area contributed by atoms with Gasteiger partial charge in [0.15, 0.2) is 5.65 Å². The number of likely N-dealkylation sites (tertiary alicyclic amines) is 1. The zero-order valence-corrected chi connectivity index (χ0v) is 19.4. The predicted molar refractivity (Wildman–Crippen MR) is 130 cm³/mol. The van der Waals surface area contributed by atoms with Crippen LogP contribution in [0.1, 0.15) is 35.6 Å². The summed E-state index contributed by atoms with van der Waals surface area (Å²) in [6.07, 6.45) is 7.72. The molecule has 0 spiro atoms. The zero-order chi connectivity index (χ0) is 21.9. The minimum atomic E-state index is 0.361. The number of nitrogens with zero attached hydrogens (tertiary/aromatic N) is 5. The highest BCUT2D eigenvalue weighted by atomic mass is 79.9. The van der Waals surface area contributed by atoms with Gasteiger partial charge in [-0.3, -0.25) is 9.88 Å². The smallest absolute Gasteiger partial charge is 0.171 e. The second kappa shape index (κ2) is 9.26. The molecule has 5 rings (SSSR count). The number of fused-ring (bicyclic) bond motifs is 1. The van der Waals surface area contributed by atoms with Crippen LogP contribution >= 0.6 is 15.9 Å². The maximum atomic E-state index is 6.19. The molecule has 0 radical (unpaired) electrons. The minimum Gasteiger partial charge on any atom is -0.398 e. The SMILES string of the molecule is Nc1ccccc1CN1CCCC(c2cc(NCc3cccnc3)n3ncc(Br)c3n2)C1. The number of rotatable bonds is 6. The van der Waals surface area contributed by atoms with E-state index in [0.29, 0.717) is 12.5 Å². The number of hydrogen-bond donors (Lipinski definition) is 2. The van der Waals surface area contributed by atoms with Crippen LogP contribution in [-0.4, -0.2) is 37.6 Å². The number of benzene rings is 1. The molecule has 4 aromatic rings. The Balaban J connectivity index is 1.39. The van der Waals surface area contributed by atoms with Crippen LogP contribution in [0.3, 0.4) is 0 Å². The van der Waals surface area contributed by atoms with E-state index in [0.717, 1.165) is 65.4 Å². The maximum Gasteiger partial charge on any atom is 0.171 e. The highest BCUT2D eigenvalue weighted by Crippen LogP contribution is 2.30. The topological polar surface area (TPSA) is 84.4 Å². The normalized spacial score (nSPS) is 17.0. The summed E-state index contributed by atoms with van der Waals surface area (Å²) in [5, 5.41) is 8.03. The predicted octanol–water partition coefficient (Wildman–Crippen LogP) is 4.46. The number of para-hydroxylation sites is 1. The van der Waals surface area contributed by atoms with Crippen molar-refractivity contribution >= 4 is 33.1 Å². The van der Waals surface area contributed by atoms with Crippen molar-refractivity contribution in [1.29, 1.82) is 0 Å². The van der Waals surface area contributed by atoms with Crippen LogP contribution in [0.4, 0.5) is 11.5 Å². The molecular weight excluding hydrogens is 466 g/mol. The van der Waals surface area contributed by atoms with Gasteiger partial charge >= 0.3 is 0 Å². The number of hydrogen-bond acceptors (Lipinski definition) is 6. The van der Waals surface area contributed by atoms with Crippen LogP contribution in [0.15, 0.2) is 65.5 Å². The van der Waals surface area contributed by atoms with Gasteiger partial charge in [0.05, 0.1) is 16.4 Å². The lowest BCUT2D eigenvalue weighted by Crippen LogP contribution is -2.34. The summed E-state index contributed by atoms with van der Waals surface area (Å²) in [4.78, 5) is 11.7. The average molecular weight is 492 g/mol. The molecule has 1 saturated heterocycles. The molecule has 1 unspecified atom stereocenters. The van der Waals surface area contributed by atoms with Crippen molar-refractivity contribution < 1.29 is 0 Å². The van der Waals surface area contributed by atoms with Crippen molar-refractivity contribution in [2.24, 2.45) is 0 Å². The Hall–Kier alpha value is -2.97. The Bertz CT molecular complexity index is 1210. The summed E-state index contributed by atoms with van der Waals surface area (Å²) in [5.41, 5.74) is 11.3. The van der Waals surface area contributed by atoms with Crippen LogP contribution in [-0.2, 0) is 13.1 Å². The summed E-state index contributed by atoms with van der Waals surface area (Å²) in [6.45, 7) is 3.59. The maximum absolute atomic E-state index is 6.19. The fourth-order valence-corrected chi connectivity index (χ4v) is 4.69. The van der Waals surface area contributed by atoms with E-state index in [1.54, 1.807) is 12.4 Å². The van der Waals surface area contributed by atoms with Crippen molar-refractivity contribution in [1.82, 2.24) is 24.5 Å². The summed E-state index contributed by atoms with van der Waals surface area (Å²) >= 11 is 3.61. The third-order valence-corrected chi connectivity index (χ3v) is 6.58. The van der Waals surface area contributed by atoms with Crippen LogP contribution in [0, 0.1) is 0 Å². The first-order valence-corrected chi connectivity index (χ1v) is 11.7. The average Bonchev–Trinajstić information content (AvgIpc) is 3.21. The lowest BCUT2D eigenvalue weighted by molar-refractivity contribution is 0.199. The van der Waals surface area contributed by atoms with E-state index in [1.807, 2.05) is 28.9 Å². The Morgan fingerprint density at radius 1 is 1.16 bits per heavy atom.